The van der Waals surface area contributed by atoms with E-state index in [1.54, 1.807) is 0 Å². The molecule has 0 fully saturated rings. The van der Waals surface area contributed by atoms with E-state index in [0.717, 1.165) is 22.7 Å². The van der Waals surface area contributed by atoms with Crippen molar-refractivity contribution in [2.24, 2.45) is 0 Å². The molecule has 1 heterocycles. The van der Waals surface area contributed by atoms with Gasteiger partial charge in [-0.2, -0.15) is 0 Å². The Morgan fingerprint density at radius 2 is 0.854 bits per heavy atom. The number of hydrogen-bond donors (Lipinski definition) is 0. The molecule has 0 saturated carbocycles. The number of anilines is 6. The number of benzene rings is 7. The molecule has 0 unspecified atom stereocenters. The first-order valence-corrected chi connectivity index (χ1v) is 16.7. The van der Waals surface area contributed by atoms with Crippen molar-refractivity contribution in [2.45, 2.75) is 26.2 Å². The third-order valence-electron chi connectivity index (χ3n) is 9.70. The van der Waals surface area contributed by atoms with E-state index in [1.807, 2.05) is 0 Å². The highest BCUT2D eigenvalue weighted by atomic mass is 15.2. The van der Waals surface area contributed by atoms with Gasteiger partial charge in [-0.25, -0.2) is 0 Å². The standard InChI is InChI=1S/C46H38N2/c1-33-19-29-44-42(31-33)46(2,3)43-32-41(28-30-45(43)48(44)40-26-22-37(23-27-40)35-15-9-5-10-16-35)47(38-17-11-6-12-18-38)39-24-20-36(21-25-39)34-13-7-4-8-14-34/h4-32H,1-3H3. The van der Waals surface area contributed by atoms with Crippen LogP contribution in [0.15, 0.2) is 176 Å². The normalized spacial score (nSPS) is 13.0. The van der Waals surface area contributed by atoms with Gasteiger partial charge in [0, 0.05) is 28.2 Å². The van der Waals surface area contributed by atoms with Crippen LogP contribution in [0.3, 0.4) is 0 Å². The Morgan fingerprint density at radius 1 is 0.417 bits per heavy atom. The molecule has 8 rings (SSSR count). The third-order valence-corrected chi connectivity index (χ3v) is 9.70. The quantitative estimate of drug-likeness (QED) is 0.183. The highest BCUT2D eigenvalue weighted by Gasteiger charge is 2.37. The SMILES string of the molecule is Cc1ccc2c(c1)C(C)(C)c1cc(N(c3ccccc3)c3ccc(-c4ccccc4)cc3)ccc1N2c1ccc(-c2ccccc2)cc1. The van der Waals surface area contributed by atoms with E-state index in [0.29, 0.717) is 0 Å². The third kappa shape index (κ3) is 5.26. The van der Waals surface area contributed by atoms with Crippen LogP contribution in [0.25, 0.3) is 22.3 Å². The number of fused-ring (bicyclic) bond motifs is 2. The molecule has 0 aliphatic carbocycles. The summed E-state index contributed by atoms with van der Waals surface area (Å²) >= 11 is 0. The number of para-hydroxylation sites is 1. The molecule has 0 spiro atoms. The highest BCUT2D eigenvalue weighted by Crippen LogP contribution is 2.53. The molecule has 7 aromatic carbocycles. The summed E-state index contributed by atoms with van der Waals surface area (Å²) in [6.45, 7) is 6.92. The Bertz CT molecular complexity index is 2180. The number of rotatable bonds is 6. The minimum absolute atomic E-state index is 0.216. The van der Waals surface area contributed by atoms with E-state index >= 15 is 0 Å². The monoisotopic (exact) mass is 618 g/mol. The smallest absolute Gasteiger partial charge is 0.0504 e. The van der Waals surface area contributed by atoms with Gasteiger partial charge >= 0.3 is 0 Å². The first-order valence-electron chi connectivity index (χ1n) is 16.7. The predicted molar refractivity (Wildman–Crippen MR) is 204 cm³/mol. The lowest BCUT2D eigenvalue weighted by Crippen LogP contribution is -2.31. The predicted octanol–water partition coefficient (Wildman–Crippen LogP) is 12.9. The van der Waals surface area contributed by atoms with E-state index in [-0.39, 0.29) is 5.41 Å². The summed E-state index contributed by atoms with van der Waals surface area (Å²) in [5.41, 5.74) is 15.5. The zero-order valence-electron chi connectivity index (χ0n) is 27.6. The van der Waals surface area contributed by atoms with Gasteiger partial charge in [0.05, 0.1) is 11.4 Å². The van der Waals surface area contributed by atoms with Crippen molar-refractivity contribution < 1.29 is 0 Å². The maximum atomic E-state index is 2.44. The van der Waals surface area contributed by atoms with Crippen LogP contribution in [0, 0.1) is 6.92 Å². The van der Waals surface area contributed by atoms with Gasteiger partial charge in [-0.1, -0.05) is 135 Å². The zero-order valence-corrected chi connectivity index (χ0v) is 27.6. The second kappa shape index (κ2) is 12.1. The van der Waals surface area contributed by atoms with Crippen molar-refractivity contribution in [2.75, 3.05) is 9.80 Å². The summed E-state index contributed by atoms with van der Waals surface area (Å²) in [6, 6.07) is 63.7. The molecule has 0 amide bonds. The molecule has 1 aliphatic heterocycles. The van der Waals surface area contributed by atoms with Crippen molar-refractivity contribution in [3.63, 3.8) is 0 Å². The lowest BCUT2D eigenvalue weighted by Gasteiger charge is -2.43. The fraction of sp³-hybridized carbons (Fsp3) is 0.0870. The molecule has 7 aromatic rings. The first-order chi connectivity index (χ1) is 23.5. The average molecular weight is 619 g/mol. The summed E-state index contributed by atoms with van der Waals surface area (Å²) in [7, 11) is 0. The van der Waals surface area contributed by atoms with Gasteiger partial charge in [-0.05, 0) is 101 Å². The largest absolute Gasteiger partial charge is 0.310 e. The highest BCUT2D eigenvalue weighted by molar-refractivity contribution is 5.89. The van der Waals surface area contributed by atoms with Crippen molar-refractivity contribution in [3.8, 4) is 22.3 Å². The van der Waals surface area contributed by atoms with E-state index in [2.05, 4.69) is 206 Å². The first kappa shape index (κ1) is 29.5. The van der Waals surface area contributed by atoms with Crippen LogP contribution in [0.5, 0.6) is 0 Å². The summed E-state index contributed by atoms with van der Waals surface area (Å²) < 4.78 is 0. The molecule has 0 aromatic heterocycles. The van der Waals surface area contributed by atoms with Crippen LogP contribution in [0.2, 0.25) is 0 Å². The van der Waals surface area contributed by atoms with Gasteiger partial charge in [0.25, 0.3) is 0 Å². The van der Waals surface area contributed by atoms with Crippen LogP contribution in [0.4, 0.5) is 34.1 Å². The van der Waals surface area contributed by atoms with Gasteiger partial charge < -0.3 is 9.80 Å². The summed E-state index contributed by atoms with van der Waals surface area (Å²) in [6.07, 6.45) is 0. The van der Waals surface area contributed by atoms with Crippen molar-refractivity contribution >= 4 is 34.1 Å². The molecular formula is C46H38N2. The Labute approximate surface area is 284 Å². The van der Waals surface area contributed by atoms with Crippen molar-refractivity contribution in [1.29, 1.82) is 0 Å². The number of aryl methyl sites for hydroxylation is 1. The fourth-order valence-electron chi connectivity index (χ4n) is 7.15. The lowest BCUT2D eigenvalue weighted by atomic mass is 9.73. The number of hydrogen-bond acceptors (Lipinski definition) is 2. The Hall–Kier alpha value is -5.86. The minimum atomic E-state index is -0.216. The second-order valence-electron chi connectivity index (χ2n) is 13.2. The van der Waals surface area contributed by atoms with Gasteiger partial charge in [0.15, 0.2) is 0 Å². The minimum Gasteiger partial charge on any atom is -0.310 e. The van der Waals surface area contributed by atoms with E-state index in [4.69, 9.17) is 0 Å². The van der Waals surface area contributed by atoms with Crippen LogP contribution < -0.4 is 9.80 Å². The molecule has 2 heteroatoms. The molecular weight excluding hydrogens is 581 g/mol. The van der Waals surface area contributed by atoms with Crippen LogP contribution in [-0.2, 0) is 5.41 Å². The van der Waals surface area contributed by atoms with Crippen LogP contribution in [0.1, 0.15) is 30.5 Å². The maximum absolute atomic E-state index is 2.44. The van der Waals surface area contributed by atoms with Crippen LogP contribution >= 0.6 is 0 Å². The summed E-state index contributed by atoms with van der Waals surface area (Å²) in [5.74, 6) is 0. The van der Waals surface area contributed by atoms with Crippen molar-refractivity contribution in [3.05, 3.63) is 193 Å². The van der Waals surface area contributed by atoms with E-state index < -0.39 is 0 Å². The van der Waals surface area contributed by atoms with Gasteiger partial charge in [0.2, 0.25) is 0 Å². The van der Waals surface area contributed by atoms with Gasteiger partial charge in [0.1, 0.15) is 0 Å². The van der Waals surface area contributed by atoms with Gasteiger partial charge in [-0.3, -0.25) is 0 Å². The van der Waals surface area contributed by atoms with E-state index in [9.17, 15) is 0 Å². The summed E-state index contributed by atoms with van der Waals surface area (Å²) in [5, 5.41) is 0. The molecule has 0 bridgehead atoms. The van der Waals surface area contributed by atoms with Crippen molar-refractivity contribution in [1.82, 2.24) is 0 Å². The molecule has 0 N–H and O–H groups in total. The Balaban J connectivity index is 1.26. The molecule has 48 heavy (non-hydrogen) atoms. The maximum Gasteiger partial charge on any atom is 0.0504 e. The molecule has 1 aliphatic rings. The van der Waals surface area contributed by atoms with Crippen LogP contribution in [-0.4, -0.2) is 0 Å². The molecule has 0 radical (unpaired) electrons. The van der Waals surface area contributed by atoms with E-state index in [1.165, 1.54) is 50.3 Å². The zero-order chi connectivity index (χ0) is 32.7. The topological polar surface area (TPSA) is 6.48 Å². The Morgan fingerprint density at radius 3 is 1.44 bits per heavy atom. The Kier molecular flexibility index (Phi) is 7.42. The number of nitrogens with zero attached hydrogens (tertiary/aromatic N) is 2. The average Bonchev–Trinajstić information content (AvgIpc) is 3.14. The lowest BCUT2D eigenvalue weighted by molar-refractivity contribution is 0.631. The molecule has 2 nitrogen and oxygen atoms in total. The fourth-order valence-corrected chi connectivity index (χ4v) is 7.15. The second-order valence-corrected chi connectivity index (χ2v) is 13.2. The molecule has 0 saturated heterocycles. The van der Waals surface area contributed by atoms with Gasteiger partial charge in [-0.15, -0.1) is 0 Å². The summed E-state index contributed by atoms with van der Waals surface area (Å²) in [4.78, 5) is 4.81. The molecule has 232 valence electrons. The molecule has 0 atom stereocenters.